The summed E-state index contributed by atoms with van der Waals surface area (Å²) in [4.78, 5) is 0. The van der Waals surface area contributed by atoms with Gasteiger partial charge in [-0.15, -0.1) is 0 Å². The first-order chi connectivity index (χ1) is 12.0. The lowest BCUT2D eigenvalue weighted by molar-refractivity contribution is 0.354. The number of benzene rings is 2. The van der Waals surface area contributed by atoms with Gasteiger partial charge in [0, 0.05) is 12.2 Å². The number of aryl methyl sites for hydroxylation is 3. The number of anilines is 1. The van der Waals surface area contributed by atoms with Crippen LogP contribution in [0.1, 0.15) is 23.1 Å². The summed E-state index contributed by atoms with van der Waals surface area (Å²) in [6, 6.07) is 12.3. The normalized spacial score (nSPS) is 10.2. The summed E-state index contributed by atoms with van der Waals surface area (Å²) in [5.74, 6) is 1.52. The highest BCUT2D eigenvalue weighted by molar-refractivity contribution is 7.80. The summed E-state index contributed by atoms with van der Waals surface area (Å²) in [6.07, 6.45) is 1.92. The van der Waals surface area contributed by atoms with Gasteiger partial charge < -0.3 is 20.1 Å². The fourth-order valence-corrected chi connectivity index (χ4v) is 2.97. The Bertz CT molecular complexity index is 711. The van der Waals surface area contributed by atoms with Crippen molar-refractivity contribution in [3.8, 4) is 11.5 Å². The van der Waals surface area contributed by atoms with Gasteiger partial charge in [0.1, 0.15) is 0 Å². The van der Waals surface area contributed by atoms with Crippen LogP contribution in [-0.4, -0.2) is 25.9 Å². The average molecular weight is 359 g/mol. The van der Waals surface area contributed by atoms with Crippen molar-refractivity contribution < 1.29 is 9.47 Å². The Kier molecular flexibility index (Phi) is 7.07. The molecule has 2 N–H and O–H groups in total. The van der Waals surface area contributed by atoms with Crippen LogP contribution in [0.4, 0.5) is 5.69 Å². The topological polar surface area (TPSA) is 42.5 Å². The van der Waals surface area contributed by atoms with Crippen molar-refractivity contribution >= 4 is 23.0 Å². The third-order valence-corrected chi connectivity index (χ3v) is 4.10. The molecule has 0 amide bonds. The van der Waals surface area contributed by atoms with Crippen LogP contribution in [0.5, 0.6) is 11.5 Å². The van der Waals surface area contributed by atoms with Gasteiger partial charge in [0.2, 0.25) is 0 Å². The SMILES string of the molecule is COc1ccc(CCCNC(=S)Nc2cc(C)cc(C)c2)cc1OC. The molecule has 0 aliphatic carbocycles. The highest BCUT2D eigenvalue weighted by atomic mass is 32.1. The second kappa shape index (κ2) is 9.28. The van der Waals surface area contributed by atoms with Gasteiger partial charge in [-0.25, -0.2) is 0 Å². The van der Waals surface area contributed by atoms with E-state index in [0.29, 0.717) is 5.11 Å². The average Bonchev–Trinajstić information content (AvgIpc) is 2.57. The number of hydrogen-bond acceptors (Lipinski definition) is 3. The second-order valence-corrected chi connectivity index (χ2v) is 6.46. The van der Waals surface area contributed by atoms with Crippen LogP contribution in [0.3, 0.4) is 0 Å². The molecule has 4 nitrogen and oxygen atoms in total. The number of nitrogens with one attached hydrogen (secondary N) is 2. The predicted octanol–water partition coefficient (Wildman–Crippen LogP) is 4.24. The summed E-state index contributed by atoms with van der Waals surface area (Å²) >= 11 is 5.37. The van der Waals surface area contributed by atoms with Gasteiger partial charge in [0.15, 0.2) is 16.6 Å². The van der Waals surface area contributed by atoms with Gasteiger partial charge in [-0.05, 0) is 79.9 Å². The fourth-order valence-electron chi connectivity index (χ4n) is 2.75. The molecule has 0 heterocycles. The molecule has 0 saturated carbocycles. The van der Waals surface area contributed by atoms with E-state index in [1.54, 1.807) is 14.2 Å². The molecule has 2 aromatic rings. The highest BCUT2D eigenvalue weighted by Crippen LogP contribution is 2.27. The lowest BCUT2D eigenvalue weighted by atomic mass is 10.1. The van der Waals surface area contributed by atoms with E-state index in [1.807, 2.05) is 12.1 Å². The Labute approximate surface area is 155 Å². The molecular weight excluding hydrogens is 332 g/mol. The predicted molar refractivity (Wildman–Crippen MR) is 108 cm³/mol. The minimum atomic E-state index is 0.650. The Hall–Kier alpha value is -2.27. The van der Waals surface area contributed by atoms with E-state index in [-0.39, 0.29) is 0 Å². The van der Waals surface area contributed by atoms with E-state index >= 15 is 0 Å². The minimum Gasteiger partial charge on any atom is -0.493 e. The molecule has 0 radical (unpaired) electrons. The smallest absolute Gasteiger partial charge is 0.170 e. The van der Waals surface area contributed by atoms with Gasteiger partial charge in [-0.1, -0.05) is 12.1 Å². The molecule has 2 aromatic carbocycles. The van der Waals surface area contributed by atoms with E-state index in [9.17, 15) is 0 Å². The molecule has 0 aliphatic rings. The summed E-state index contributed by atoms with van der Waals surface area (Å²) in [5.41, 5.74) is 4.68. The van der Waals surface area contributed by atoms with Crippen LogP contribution in [0, 0.1) is 13.8 Å². The Morgan fingerprint density at radius 3 is 2.28 bits per heavy atom. The first kappa shape index (κ1) is 19.1. The lowest BCUT2D eigenvalue weighted by Gasteiger charge is -2.12. The van der Waals surface area contributed by atoms with Gasteiger partial charge in [-0.3, -0.25) is 0 Å². The monoisotopic (exact) mass is 358 g/mol. The van der Waals surface area contributed by atoms with Crippen molar-refractivity contribution in [3.63, 3.8) is 0 Å². The van der Waals surface area contributed by atoms with Crippen molar-refractivity contribution in [3.05, 3.63) is 53.1 Å². The molecule has 0 saturated heterocycles. The third-order valence-electron chi connectivity index (χ3n) is 3.86. The van der Waals surface area contributed by atoms with Gasteiger partial charge in [0.05, 0.1) is 14.2 Å². The molecule has 2 rings (SSSR count). The van der Waals surface area contributed by atoms with Crippen LogP contribution in [0.2, 0.25) is 0 Å². The van der Waals surface area contributed by atoms with E-state index in [0.717, 1.165) is 36.6 Å². The lowest BCUT2D eigenvalue weighted by Crippen LogP contribution is -2.29. The zero-order valence-electron chi connectivity index (χ0n) is 15.3. The number of hydrogen-bond donors (Lipinski definition) is 2. The van der Waals surface area contributed by atoms with E-state index in [1.165, 1.54) is 16.7 Å². The molecular formula is C20H26N2O2S. The minimum absolute atomic E-state index is 0.650. The standard InChI is InChI=1S/C20H26N2O2S/c1-14-10-15(2)12-17(11-14)22-20(25)21-9-5-6-16-7-8-18(23-3)19(13-16)24-4/h7-8,10-13H,5-6,9H2,1-4H3,(H2,21,22,25). The third kappa shape index (κ3) is 5.94. The Balaban J connectivity index is 1.78. The first-order valence-corrected chi connectivity index (χ1v) is 8.76. The zero-order valence-corrected chi connectivity index (χ0v) is 16.1. The van der Waals surface area contributed by atoms with Gasteiger partial charge >= 0.3 is 0 Å². The highest BCUT2D eigenvalue weighted by Gasteiger charge is 2.05. The van der Waals surface area contributed by atoms with Crippen molar-refractivity contribution in [2.45, 2.75) is 26.7 Å². The summed E-state index contributed by atoms with van der Waals surface area (Å²) < 4.78 is 10.6. The fraction of sp³-hybridized carbons (Fsp3) is 0.350. The van der Waals surface area contributed by atoms with Crippen LogP contribution in [-0.2, 0) is 6.42 Å². The van der Waals surface area contributed by atoms with Gasteiger partial charge in [0.25, 0.3) is 0 Å². The van der Waals surface area contributed by atoms with Crippen molar-refractivity contribution in [1.82, 2.24) is 5.32 Å². The van der Waals surface area contributed by atoms with Crippen LogP contribution < -0.4 is 20.1 Å². The number of rotatable bonds is 7. The maximum atomic E-state index is 5.37. The first-order valence-electron chi connectivity index (χ1n) is 8.36. The molecule has 0 unspecified atom stereocenters. The van der Waals surface area contributed by atoms with Gasteiger partial charge in [-0.2, -0.15) is 0 Å². The number of ether oxygens (including phenoxy) is 2. The molecule has 0 bridgehead atoms. The quantitative estimate of drug-likeness (QED) is 0.572. The van der Waals surface area contributed by atoms with Crippen molar-refractivity contribution in [2.75, 3.05) is 26.1 Å². The van der Waals surface area contributed by atoms with Crippen molar-refractivity contribution in [1.29, 1.82) is 0 Å². The summed E-state index contributed by atoms with van der Waals surface area (Å²) in [7, 11) is 3.30. The van der Waals surface area contributed by atoms with Crippen LogP contribution in [0.25, 0.3) is 0 Å². The maximum absolute atomic E-state index is 5.37. The van der Waals surface area contributed by atoms with E-state index in [4.69, 9.17) is 21.7 Å². The zero-order chi connectivity index (χ0) is 18.2. The molecule has 0 atom stereocenters. The largest absolute Gasteiger partial charge is 0.493 e. The Morgan fingerprint density at radius 2 is 1.64 bits per heavy atom. The molecule has 0 spiro atoms. The molecule has 0 aromatic heterocycles. The number of methoxy groups -OCH3 is 2. The van der Waals surface area contributed by atoms with Crippen LogP contribution >= 0.6 is 12.2 Å². The van der Waals surface area contributed by atoms with Crippen molar-refractivity contribution in [2.24, 2.45) is 0 Å². The maximum Gasteiger partial charge on any atom is 0.170 e. The van der Waals surface area contributed by atoms with E-state index < -0.39 is 0 Å². The summed E-state index contributed by atoms with van der Waals surface area (Å²) in [6.45, 7) is 4.97. The van der Waals surface area contributed by atoms with E-state index in [2.05, 4.69) is 48.7 Å². The number of thiocarbonyl (C=S) groups is 1. The Morgan fingerprint density at radius 1 is 0.960 bits per heavy atom. The molecule has 5 heteroatoms. The van der Waals surface area contributed by atoms with Crippen LogP contribution in [0.15, 0.2) is 36.4 Å². The molecule has 0 fully saturated rings. The molecule has 0 aliphatic heterocycles. The molecule has 134 valence electrons. The second-order valence-electron chi connectivity index (χ2n) is 6.05. The molecule has 25 heavy (non-hydrogen) atoms. The summed E-state index contributed by atoms with van der Waals surface area (Å²) in [5, 5.41) is 7.15.